The Labute approximate surface area is 117 Å². The van der Waals surface area contributed by atoms with Gasteiger partial charge in [-0.05, 0) is 18.8 Å². The van der Waals surface area contributed by atoms with Crippen LogP contribution in [0, 0.1) is 5.92 Å². The second kappa shape index (κ2) is 6.40. The molecule has 0 saturated carbocycles. The van der Waals surface area contributed by atoms with Crippen LogP contribution in [0.5, 0.6) is 0 Å². The topological polar surface area (TPSA) is 76.5 Å². The number of rotatable bonds is 3. The van der Waals surface area contributed by atoms with Gasteiger partial charge in [0.05, 0.1) is 19.0 Å². The number of ether oxygens (including phenoxy) is 1. The van der Waals surface area contributed by atoms with Gasteiger partial charge in [0.15, 0.2) is 0 Å². The molecule has 1 N–H and O–H groups in total. The van der Waals surface area contributed by atoms with E-state index in [1.54, 1.807) is 11.1 Å². The van der Waals surface area contributed by atoms with Crippen LogP contribution in [0.15, 0.2) is 12.4 Å². The van der Waals surface area contributed by atoms with Crippen LogP contribution >= 0.6 is 0 Å². The Morgan fingerprint density at radius 2 is 2.15 bits per heavy atom. The fourth-order valence-corrected chi connectivity index (χ4v) is 2.13. The lowest BCUT2D eigenvalue weighted by Crippen LogP contribution is -2.40. The second-order valence-corrected chi connectivity index (χ2v) is 5.10. The summed E-state index contributed by atoms with van der Waals surface area (Å²) in [5, 5.41) is 6.79. The van der Waals surface area contributed by atoms with Gasteiger partial charge in [0.25, 0.3) is 0 Å². The molecule has 1 saturated heterocycles. The van der Waals surface area contributed by atoms with Crippen molar-refractivity contribution in [1.82, 2.24) is 14.7 Å². The van der Waals surface area contributed by atoms with Crippen molar-refractivity contribution in [3.8, 4) is 0 Å². The summed E-state index contributed by atoms with van der Waals surface area (Å²) in [6.07, 6.45) is 5.21. The van der Waals surface area contributed by atoms with Crippen LogP contribution in [0.1, 0.15) is 19.8 Å². The van der Waals surface area contributed by atoms with Crippen LogP contribution in [0.3, 0.4) is 0 Å². The van der Waals surface area contributed by atoms with Crippen molar-refractivity contribution in [1.29, 1.82) is 0 Å². The van der Waals surface area contributed by atoms with Crippen molar-refractivity contribution in [2.24, 2.45) is 5.92 Å². The predicted molar refractivity (Wildman–Crippen MR) is 73.2 cm³/mol. The molecule has 0 aliphatic carbocycles. The van der Waals surface area contributed by atoms with Gasteiger partial charge in [-0.1, -0.05) is 6.92 Å². The molecular weight excluding hydrogens is 260 g/mol. The highest BCUT2D eigenvalue weighted by Crippen LogP contribution is 2.17. The number of hydrogen-bond donors (Lipinski definition) is 1. The molecule has 7 nitrogen and oxygen atoms in total. The lowest BCUT2D eigenvalue weighted by Gasteiger charge is -2.30. The number of carbonyl (C=O) groups excluding carboxylic acids is 2. The average Bonchev–Trinajstić information content (AvgIpc) is 2.86. The zero-order chi connectivity index (χ0) is 14.5. The maximum Gasteiger partial charge on any atom is 0.327 e. The third-order valence-corrected chi connectivity index (χ3v) is 3.47. The molecule has 1 aliphatic heterocycles. The number of likely N-dealkylation sites (tertiary alicyclic amines) is 1. The molecule has 0 radical (unpaired) electrons. The van der Waals surface area contributed by atoms with Crippen LogP contribution in [0.2, 0.25) is 0 Å². The molecule has 0 spiro atoms. The molecule has 1 aromatic heterocycles. The molecule has 110 valence electrons. The third-order valence-electron chi connectivity index (χ3n) is 3.47. The summed E-state index contributed by atoms with van der Waals surface area (Å²) in [6.45, 7) is 3.80. The van der Waals surface area contributed by atoms with E-state index in [1.165, 1.54) is 18.0 Å². The lowest BCUT2D eigenvalue weighted by molar-refractivity contribution is -0.141. The smallest absolute Gasteiger partial charge is 0.327 e. The van der Waals surface area contributed by atoms with Gasteiger partial charge in [-0.25, -0.2) is 4.79 Å². The number of amides is 2. The highest BCUT2D eigenvalue weighted by Gasteiger charge is 2.20. The zero-order valence-corrected chi connectivity index (χ0v) is 11.8. The molecule has 2 heterocycles. The number of carbonyl (C=O) groups is 2. The van der Waals surface area contributed by atoms with Crippen molar-refractivity contribution in [2.45, 2.75) is 26.3 Å². The molecule has 1 fully saturated rings. The Morgan fingerprint density at radius 1 is 1.45 bits per heavy atom. The first-order chi connectivity index (χ1) is 9.58. The molecule has 0 atom stereocenters. The van der Waals surface area contributed by atoms with Crippen LogP contribution in [0.25, 0.3) is 0 Å². The number of nitrogens with one attached hydrogen (secondary N) is 1. The van der Waals surface area contributed by atoms with E-state index in [4.69, 9.17) is 0 Å². The summed E-state index contributed by atoms with van der Waals surface area (Å²) in [5.74, 6) is 0.304. The minimum Gasteiger partial charge on any atom is -0.468 e. The van der Waals surface area contributed by atoms with E-state index in [1.807, 2.05) is 0 Å². The minimum atomic E-state index is -0.379. The van der Waals surface area contributed by atoms with Crippen LogP contribution in [-0.2, 0) is 16.1 Å². The molecule has 1 aromatic rings. The number of esters is 1. The highest BCUT2D eigenvalue weighted by atomic mass is 16.5. The molecule has 0 bridgehead atoms. The Bertz CT molecular complexity index is 478. The van der Waals surface area contributed by atoms with Crippen LogP contribution in [-0.4, -0.2) is 46.9 Å². The van der Waals surface area contributed by atoms with Gasteiger partial charge in [0.1, 0.15) is 6.54 Å². The molecule has 20 heavy (non-hydrogen) atoms. The fourth-order valence-electron chi connectivity index (χ4n) is 2.13. The van der Waals surface area contributed by atoms with Crippen molar-refractivity contribution in [3.05, 3.63) is 12.4 Å². The van der Waals surface area contributed by atoms with Crippen molar-refractivity contribution >= 4 is 17.7 Å². The van der Waals surface area contributed by atoms with Gasteiger partial charge < -0.3 is 15.0 Å². The maximum atomic E-state index is 12.0. The van der Waals surface area contributed by atoms with E-state index in [0.29, 0.717) is 11.6 Å². The number of urea groups is 1. The maximum absolute atomic E-state index is 12.0. The second-order valence-electron chi connectivity index (χ2n) is 5.10. The van der Waals surface area contributed by atoms with Gasteiger partial charge in [-0.3, -0.25) is 9.48 Å². The standard InChI is InChI=1S/C13H20N4O3/c1-10-3-5-16(6-4-10)13(19)15-11-7-14-17(8-11)9-12(18)20-2/h7-8,10H,3-6,9H2,1-2H3,(H,15,19). The van der Waals surface area contributed by atoms with E-state index in [2.05, 4.69) is 22.1 Å². The number of anilines is 1. The van der Waals surface area contributed by atoms with E-state index in [0.717, 1.165) is 25.9 Å². The first-order valence-corrected chi connectivity index (χ1v) is 6.73. The van der Waals surface area contributed by atoms with Crippen molar-refractivity contribution < 1.29 is 14.3 Å². The third kappa shape index (κ3) is 3.72. The van der Waals surface area contributed by atoms with E-state index < -0.39 is 0 Å². The summed E-state index contributed by atoms with van der Waals surface area (Å²) in [5.41, 5.74) is 0.581. The van der Waals surface area contributed by atoms with E-state index >= 15 is 0 Å². The molecular formula is C13H20N4O3. The average molecular weight is 280 g/mol. The molecule has 7 heteroatoms. The Balaban J connectivity index is 1.86. The number of methoxy groups -OCH3 is 1. The predicted octanol–water partition coefficient (Wildman–Crippen LogP) is 1.32. The largest absolute Gasteiger partial charge is 0.468 e. The Hall–Kier alpha value is -2.05. The summed E-state index contributed by atoms with van der Waals surface area (Å²) in [4.78, 5) is 25.0. The normalized spacial score (nSPS) is 16.0. The summed E-state index contributed by atoms with van der Waals surface area (Å²) in [6, 6.07) is -0.116. The lowest BCUT2D eigenvalue weighted by atomic mass is 10.00. The Kier molecular flexibility index (Phi) is 4.60. The van der Waals surface area contributed by atoms with E-state index in [-0.39, 0.29) is 18.5 Å². The SMILES string of the molecule is COC(=O)Cn1cc(NC(=O)N2CCC(C)CC2)cn1. The van der Waals surface area contributed by atoms with Crippen molar-refractivity contribution in [2.75, 3.05) is 25.5 Å². The molecule has 0 aromatic carbocycles. The van der Waals surface area contributed by atoms with Gasteiger partial charge in [-0.2, -0.15) is 5.10 Å². The molecule has 0 unspecified atom stereocenters. The number of hydrogen-bond acceptors (Lipinski definition) is 4. The van der Waals surface area contributed by atoms with Crippen LogP contribution < -0.4 is 5.32 Å². The van der Waals surface area contributed by atoms with Gasteiger partial charge in [0.2, 0.25) is 0 Å². The summed E-state index contributed by atoms with van der Waals surface area (Å²) < 4.78 is 5.98. The van der Waals surface area contributed by atoms with Crippen molar-refractivity contribution in [3.63, 3.8) is 0 Å². The molecule has 1 aliphatic rings. The number of nitrogens with zero attached hydrogens (tertiary/aromatic N) is 3. The molecule has 2 rings (SSSR count). The molecule has 2 amide bonds. The monoisotopic (exact) mass is 280 g/mol. The first kappa shape index (κ1) is 14.4. The quantitative estimate of drug-likeness (QED) is 0.847. The van der Waals surface area contributed by atoms with Gasteiger partial charge >= 0.3 is 12.0 Å². The Morgan fingerprint density at radius 3 is 2.80 bits per heavy atom. The minimum absolute atomic E-state index is 0.0353. The zero-order valence-electron chi connectivity index (χ0n) is 11.8. The summed E-state index contributed by atoms with van der Waals surface area (Å²) >= 11 is 0. The highest BCUT2D eigenvalue weighted by molar-refractivity contribution is 5.89. The van der Waals surface area contributed by atoms with Crippen LogP contribution in [0.4, 0.5) is 10.5 Å². The fraction of sp³-hybridized carbons (Fsp3) is 0.615. The van der Waals surface area contributed by atoms with Gasteiger partial charge in [-0.15, -0.1) is 0 Å². The number of aromatic nitrogens is 2. The van der Waals surface area contributed by atoms with E-state index in [9.17, 15) is 9.59 Å². The summed E-state index contributed by atoms with van der Waals surface area (Å²) in [7, 11) is 1.33. The van der Waals surface area contributed by atoms with Gasteiger partial charge in [0, 0.05) is 19.3 Å². The first-order valence-electron chi connectivity index (χ1n) is 6.73. The number of piperidine rings is 1.